The maximum Gasteiger partial charge on any atom is 0.345 e. The molecule has 0 aliphatic heterocycles. The molecule has 0 aromatic carbocycles. The number of alkyl halides is 1. The molecule has 4 heteroatoms. The van der Waals surface area contributed by atoms with Gasteiger partial charge in [0.2, 0.25) is 5.91 Å². The Morgan fingerprint density at radius 3 is 2.25 bits per heavy atom. The van der Waals surface area contributed by atoms with Crippen LogP contribution in [0.15, 0.2) is 0 Å². The highest BCUT2D eigenvalue weighted by Crippen LogP contribution is 2.41. The number of carbonyl (C=O) groups excluding carboxylic acids is 1. The summed E-state index contributed by atoms with van der Waals surface area (Å²) in [5.74, 6) is -2.07. The minimum Gasteiger partial charge on any atom is -0.464 e. The Bertz CT molecular complexity index is 137. The molecule has 0 aromatic heterocycles. The lowest BCUT2D eigenvalue weighted by Gasteiger charge is -2.16. The summed E-state index contributed by atoms with van der Waals surface area (Å²) in [6, 6.07) is 0. The minimum absolute atomic E-state index is 0.260. The molecular formula is C8H16FO2P. The van der Waals surface area contributed by atoms with Gasteiger partial charge in [0.15, 0.2) is 0 Å². The highest BCUT2D eigenvalue weighted by Gasteiger charge is 2.25. The maximum absolute atomic E-state index is 13.2. The molecule has 0 saturated heterocycles. The van der Waals surface area contributed by atoms with E-state index in [-0.39, 0.29) is 6.61 Å². The van der Waals surface area contributed by atoms with Gasteiger partial charge in [-0.25, -0.2) is 9.18 Å². The Labute approximate surface area is 74.2 Å². The van der Waals surface area contributed by atoms with Crippen molar-refractivity contribution in [2.24, 2.45) is 0 Å². The summed E-state index contributed by atoms with van der Waals surface area (Å²) < 4.78 is 17.8. The molecule has 0 fully saturated rings. The molecule has 72 valence electrons. The van der Waals surface area contributed by atoms with Crippen LogP contribution in [0.4, 0.5) is 4.39 Å². The Morgan fingerprint density at radius 1 is 1.42 bits per heavy atom. The first-order chi connectivity index (χ1) is 5.67. The first-order valence-corrected chi connectivity index (χ1v) is 6.00. The molecule has 0 aromatic rings. The Kier molecular flexibility index (Phi) is 6.27. The van der Waals surface area contributed by atoms with Crippen molar-refractivity contribution in [3.63, 3.8) is 0 Å². The Hall–Kier alpha value is -0.170. The summed E-state index contributed by atoms with van der Waals surface area (Å²) in [4.78, 5) is 10.9. The monoisotopic (exact) mass is 194 g/mol. The molecular weight excluding hydrogens is 178 g/mol. The number of carbonyl (C=O) groups is 1. The van der Waals surface area contributed by atoms with Crippen LogP contribution in [0.1, 0.15) is 20.8 Å². The van der Waals surface area contributed by atoms with E-state index in [0.29, 0.717) is 0 Å². The molecule has 0 rings (SSSR count). The van der Waals surface area contributed by atoms with E-state index in [2.05, 4.69) is 4.74 Å². The van der Waals surface area contributed by atoms with Gasteiger partial charge in [-0.3, -0.25) is 0 Å². The van der Waals surface area contributed by atoms with Crippen molar-refractivity contribution in [2.45, 2.75) is 26.7 Å². The third kappa shape index (κ3) is 3.48. The summed E-state index contributed by atoms with van der Waals surface area (Å²) in [5, 5.41) is 0. The van der Waals surface area contributed by atoms with Crippen LogP contribution in [-0.4, -0.2) is 30.8 Å². The molecule has 0 bridgehead atoms. The number of rotatable bonds is 5. The number of halogens is 1. The van der Waals surface area contributed by atoms with E-state index in [4.69, 9.17) is 0 Å². The number of ether oxygens (including phenoxy) is 1. The molecule has 12 heavy (non-hydrogen) atoms. The van der Waals surface area contributed by atoms with Gasteiger partial charge in [0, 0.05) is 0 Å². The van der Waals surface area contributed by atoms with Gasteiger partial charge in [0.25, 0.3) is 0 Å². The van der Waals surface area contributed by atoms with Crippen LogP contribution in [0.25, 0.3) is 0 Å². The van der Waals surface area contributed by atoms with Crippen molar-refractivity contribution in [1.82, 2.24) is 0 Å². The van der Waals surface area contributed by atoms with Gasteiger partial charge in [-0.1, -0.05) is 21.8 Å². The normalized spacial score (nSPS) is 13.1. The molecule has 1 atom stereocenters. The lowest BCUT2D eigenvalue weighted by Crippen LogP contribution is -2.18. The van der Waals surface area contributed by atoms with E-state index in [0.717, 1.165) is 12.3 Å². The summed E-state index contributed by atoms with van der Waals surface area (Å²) in [6.45, 7) is 5.75. The zero-order chi connectivity index (χ0) is 9.56. The van der Waals surface area contributed by atoms with Crippen LogP contribution in [-0.2, 0) is 9.53 Å². The smallest absolute Gasteiger partial charge is 0.345 e. The average molecular weight is 194 g/mol. The molecule has 1 unspecified atom stereocenters. The zero-order valence-corrected chi connectivity index (χ0v) is 8.73. The van der Waals surface area contributed by atoms with Gasteiger partial charge in [0.1, 0.15) is 0 Å². The fraction of sp³-hybridized carbons (Fsp3) is 0.875. The first-order valence-electron chi connectivity index (χ1n) is 4.22. The molecule has 0 saturated carbocycles. The van der Waals surface area contributed by atoms with Crippen molar-refractivity contribution in [1.29, 1.82) is 0 Å². The molecule has 0 N–H and O–H groups in total. The third-order valence-electron chi connectivity index (χ3n) is 1.61. The lowest BCUT2D eigenvalue weighted by atomic mass is 10.7. The Morgan fingerprint density at radius 2 is 1.92 bits per heavy atom. The van der Waals surface area contributed by atoms with E-state index in [1.165, 1.54) is 0 Å². The summed E-state index contributed by atoms with van der Waals surface area (Å²) >= 11 is 0. The molecule has 0 radical (unpaired) electrons. The second kappa shape index (κ2) is 6.36. The second-order valence-electron chi connectivity index (χ2n) is 2.31. The maximum atomic E-state index is 13.2. The molecule has 0 aliphatic rings. The van der Waals surface area contributed by atoms with E-state index < -0.39 is 19.8 Å². The van der Waals surface area contributed by atoms with Gasteiger partial charge in [0.05, 0.1) is 6.61 Å². The van der Waals surface area contributed by atoms with Crippen molar-refractivity contribution < 1.29 is 13.9 Å². The van der Waals surface area contributed by atoms with Crippen molar-refractivity contribution in [2.75, 3.05) is 18.9 Å². The van der Waals surface area contributed by atoms with Crippen LogP contribution >= 0.6 is 7.92 Å². The summed E-state index contributed by atoms with van der Waals surface area (Å²) in [7, 11) is -0.810. The zero-order valence-electron chi connectivity index (χ0n) is 7.84. The lowest BCUT2D eigenvalue weighted by molar-refractivity contribution is -0.145. The van der Waals surface area contributed by atoms with Crippen molar-refractivity contribution >= 4 is 13.9 Å². The predicted molar refractivity (Wildman–Crippen MR) is 49.5 cm³/mol. The second-order valence-corrected chi connectivity index (χ2v) is 5.20. The number of hydrogen-bond acceptors (Lipinski definition) is 2. The highest BCUT2D eigenvalue weighted by atomic mass is 31.1. The van der Waals surface area contributed by atoms with Crippen molar-refractivity contribution in [3.8, 4) is 0 Å². The van der Waals surface area contributed by atoms with Crippen LogP contribution < -0.4 is 0 Å². The third-order valence-corrected chi connectivity index (χ3v) is 4.09. The van der Waals surface area contributed by atoms with Crippen LogP contribution in [0.2, 0.25) is 0 Å². The van der Waals surface area contributed by atoms with E-state index in [1.54, 1.807) is 6.92 Å². The van der Waals surface area contributed by atoms with E-state index in [1.807, 2.05) is 13.8 Å². The molecule has 0 spiro atoms. The standard InChI is InChI=1S/C8H16FO2P/c1-4-11-8(10)7(9)12(5-2)6-3/h7H,4-6H2,1-3H3. The fourth-order valence-corrected chi connectivity index (χ4v) is 2.37. The van der Waals surface area contributed by atoms with Crippen molar-refractivity contribution in [3.05, 3.63) is 0 Å². The van der Waals surface area contributed by atoms with Gasteiger partial charge >= 0.3 is 5.97 Å². The van der Waals surface area contributed by atoms with Gasteiger partial charge in [-0.2, -0.15) is 0 Å². The Balaban J connectivity index is 3.96. The first kappa shape index (κ1) is 11.8. The minimum atomic E-state index is -1.38. The highest BCUT2D eigenvalue weighted by molar-refractivity contribution is 7.59. The molecule has 2 nitrogen and oxygen atoms in total. The summed E-state index contributed by atoms with van der Waals surface area (Å²) in [5.41, 5.74) is 0. The number of esters is 1. The number of hydrogen-bond donors (Lipinski definition) is 0. The van der Waals surface area contributed by atoms with Gasteiger partial charge in [-0.05, 0) is 19.2 Å². The largest absolute Gasteiger partial charge is 0.464 e. The molecule has 0 heterocycles. The SMILES string of the molecule is CCOC(=O)C(F)P(CC)CC. The van der Waals surface area contributed by atoms with E-state index in [9.17, 15) is 9.18 Å². The summed E-state index contributed by atoms with van der Waals surface area (Å²) in [6.07, 6.45) is 1.48. The van der Waals surface area contributed by atoms with Gasteiger partial charge < -0.3 is 4.74 Å². The van der Waals surface area contributed by atoms with E-state index >= 15 is 0 Å². The quantitative estimate of drug-likeness (QED) is 0.496. The van der Waals surface area contributed by atoms with Crippen LogP contribution in [0.5, 0.6) is 0 Å². The van der Waals surface area contributed by atoms with Gasteiger partial charge in [-0.15, -0.1) is 0 Å². The average Bonchev–Trinajstić information content (AvgIpc) is 2.07. The van der Waals surface area contributed by atoms with Crippen LogP contribution in [0, 0.1) is 0 Å². The molecule has 0 aliphatic carbocycles. The predicted octanol–water partition coefficient (Wildman–Crippen LogP) is 2.37. The fourth-order valence-electron chi connectivity index (χ4n) is 0.904. The van der Waals surface area contributed by atoms with Crippen LogP contribution in [0.3, 0.4) is 0 Å². The molecule has 0 amide bonds. The topological polar surface area (TPSA) is 26.3 Å².